The summed E-state index contributed by atoms with van der Waals surface area (Å²) in [4.78, 5) is 23.8. The normalized spacial score (nSPS) is 10.2. The monoisotopic (exact) mass is 336 g/mol. The largest absolute Gasteiger partial charge is 0.272 e. The highest BCUT2D eigenvalue weighted by molar-refractivity contribution is 8.00. The van der Waals surface area contributed by atoms with E-state index in [4.69, 9.17) is 0 Å². The molecule has 0 radical (unpaired) electrons. The molecule has 0 saturated heterocycles. The number of nitrogens with one attached hydrogen (secondary N) is 2. The van der Waals surface area contributed by atoms with Crippen LogP contribution in [0.25, 0.3) is 0 Å². The number of hydrogen-bond acceptors (Lipinski definition) is 3. The lowest BCUT2D eigenvalue weighted by Gasteiger charge is -2.08. The SMILES string of the molecule is Cc1ccc(C(=O)NNC(=O)CSc2ccccc2F)cc1F. The van der Waals surface area contributed by atoms with Crippen molar-refractivity contribution in [1.82, 2.24) is 10.9 Å². The molecule has 0 spiro atoms. The maximum Gasteiger partial charge on any atom is 0.269 e. The second kappa shape index (κ2) is 7.73. The number of carbonyl (C=O) groups excluding carboxylic acids is 2. The third-order valence-electron chi connectivity index (χ3n) is 2.94. The van der Waals surface area contributed by atoms with E-state index in [0.717, 1.165) is 17.8 Å². The van der Waals surface area contributed by atoms with E-state index in [1.807, 2.05) is 0 Å². The van der Waals surface area contributed by atoms with Crippen molar-refractivity contribution >= 4 is 23.6 Å². The van der Waals surface area contributed by atoms with E-state index in [2.05, 4.69) is 10.9 Å². The van der Waals surface area contributed by atoms with Crippen LogP contribution in [0, 0.1) is 18.6 Å². The van der Waals surface area contributed by atoms with Crippen molar-refractivity contribution in [3.05, 3.63) is 65.2 Å². The number of thioether (sulfide) groups is 1. The number of carbonyl (C=O) groups is 2. The highest BCUT2D eigenvalue weighted by Gasteiger charge is 2.10. The molecule has 2 aromatic carbocycles. The highest BCUT2D eigenvalue weighted by atomic mass is 32.2. The summed E-state index contributed by atoms with van der Waals surface area (Å²) in [6.07, 6.45) is 0. The molecule has 0 fully saturated rings. The van der Waals surface area contributed by atoms with Crippen LogP contribution in [0.2, 0.25) is 0 Å². The summed E-state index contributed by atoms with van der Waals surface area (Å²) in [5.41, 5.74) is 4.90. The summed E-state index contributed by atoms with van der Waals surface area (Å²) < 4.78 is 26.8. The molecule has 7 heteroatoms. The van der Waals surface area contributed by atoms with Gasteiger partial charge in [-0.1, -0.05) is 18.2 Å². The number of amides is 2. The minimum Gasteiger partial charge on any atom is -0.272 e. The van der Waals surface area contributed by atoms with Gasteiger partial charge in [0.25, 0.3) is 5.91 Å². The zero-order valence-corrected chi connectivity index (χ0v) is 13.0. The molecular formula is C16H14F2N2O2S. The number of hydrogen-bond donors (Lipinski definition) is 2. The van der Waals surface area contributed by atoms with Gasteiger partial charge in [0, 0.05) is 10.5 Å². The summed E-state index contributed by atoms with van der Waals surface area (Å²) in [7, 11) is 0. The number of halogens is 2. The van der Waals surface area contributed by atoms with Crippen molar-refractivity contribution in [2.75, 3.05) is 5.75 Å². The van der Waals surface area contributed by atoms with E-state index in [-0.39, 0.29) is 11.3 Å². The Morgan fingerprint density at radius 3 is 2.48 bits per heavy atom. The lowest BCUT2D eigenvalue weighted by atomic mass is 10.1. The van der Waals surface area contributed by atoms with E-state index >= 15 is 0 Å². The van der Waals surface area contributed by atoms with E-state index < -0.39 is 23.4 Å². The fourth-order valence-corrected chi connectivity index (χ4v) is 2.41. The van der Waals surface area contributed by atoms with Gasteiger partial charge in [-0.15, -0.1) is 11.8 Å². The average molecular weight is 336 g/mol. The summed E-state index contributed by atoms with van der Waals surface area (Å²) in [5.74, 6) is -2.11. The van der Waals surface area contributed by atoms with Crippen LogP contribution in [-0.2, 0) is 4.79 Å². The Balaban J connectivity index is 1.83. The molecule has 0 unspecified atom stereocenters. The van der Waals surface area contributed by atoms with Crippen LogP contribution in [0.15, 0.2) is 47.4 Å². The molecule has 2 aromatic rings. The maximum atomic E-state index is 13.4. The highest BCUT2D eigenvalue weighted by Crippen LogP contribution is 2.20. The standard InChI is InChI=1S/C16H14F2N2O2S/c1-10-6-7-11(8-13(10)18)16(22)20-19-15(21)9-23-14-5-3-2-4-12(14)17/h2-8H,9H2,1H3,(H,19,21)(H,20,22). The third kappa shape index (κ3) is 4.79. The number of aryl methyl sites for hydroxylation is 1. The second-order valence-corrected chi connectivity index (χ2v) is 5.70. The molecule has 0 atom stereocenters. The minimum absolute atomic E-state index is 0.0660. The van der Waals surface area contributed by atoms with Crippen molar-refractivity contribution in [3.8, 4) is 0 Å². The molecule has 4 nitrogen and oxygen atoms in total. The van der Waals surface area contributed by atoms with Crippen LogP contribution in [0.5, 0.6) is 0 Å². The average Bonchev–Trinajstić information content (AvgIpc) is 2.54. The van der Waals surface area contributed by atoms with Gasteiger partial charge in [-0.2, -0.15) is 0 Å². The van der Waals surface area contributed by atoms with Gasteiger partial charge in [-0.3, -0.25) is 20.4 Å². The van der Waals surface area contributed by atoms with Gasteiger partial charge in [0.1, 0.15) is 11.6 Å². The molecule has 0 saturated carbocycles. The minimum atomic E-state index is -0.631. The fraction of sp³-hybridized carbons (Fsp3) is 0.125. The smallest absolute Gasteiger partial charge is 0.269 e. The lowest BCUT2D eigenvalue weighted by molar-refractivity contribution is -0.119. The maximum absolute atomic E-state index is 13.4. The van der Waals surface area contributed by atoms with E-state index in [9.17, 15) is 18.4 Å². The molecule has 0 aliphatic carbocycles. The predicted molar refractivity (Wildman–Crippen MR) is 83.9 cm³/mol. The van der Waals surface area contributed by atoms with Crippen molar-refractivity contribution in [3.63, 3.8) is 0 Å². The zero-order chi connectivity index (χ0) is 16.8. The van der Waals surface area contributed by atoms with E-state index in [1.54, 1.807) is 25.1 Å². The fourth-order valence-electron chi connectivity index (χ4n) is 1.67. The summed E-state index contributed by atoms with van der Waals surface area (Å²) in [5, 5.41) is 0. The zero-order valence-electron chi connectivity index (χ0n) is 12.2. The van der Waals surface area contributed by atoms with Crippen LogP contribution >= 0.6 is 11.8 Å². The molecule has 0 heterocycles. The summed E-state index contributed by atoms with van der Waals surface area (Å²) in [6, 6.07) is 10.1. The Hall–Kier alpha value is -2.41. The quantitative estimate of drug-likeness (QED) is 0.667. The first-order chi connectivity index (χ1) is 11.0. The van der Waals surface area contributed by atoms with Crippen LogP contribution in [0.4, 0.5) is 8.78 Å². The molecule has 0 bridgehead atoms. The molecule has 0 aliphatic rings. The molecule has 0 aromatic heterocycles. The van der Waals surface area contributed by atoms with Crippen molar-refractivity contribution in [2.45, 2.75) is 11.8 Å². The lowest BCUT2D eigenvalue weighted by Crippen LogP contribution is -2.42. The Kier molecular flexibility index (Phi) is 5.70. The van der Waals surface area contributed by atoms with Crippen molar-refractivity contribution < 1.29 is 18.4 Å². The van der Waals surface area contributed by atoms with Gasteiger partial charge in [0.2, 0.25) is 5.91 Å². The molecule has 2 rings (SSSR count). The second-order valence-electron chi connectivity index (χ2n) is 4.69. The number of rotatable bonds is 4. The van der Waals surface area contributed by atoms with E-state index in [1.165, 1.54) is 18.2 Å². The van der Waals surface area contributed by atoms with Crippen LogP contribution in [-0.4, -0.2) is 17.6 Å². The first-order valence-corrected chi connectivity index (χ1v) is 7.68. The Morgan fingerprint density at radius 1 is 1.04 bits per heavy atom. The Labute approximate surface area is 136 Å². The first kappa shape index (κ1) is 17.0. The van der Waals surface area contributed by atoms with Crippen LogP contribution in [0.3, 0.4) is 0 Å². The van der Waals surface area contributed by atoms with Crippen LogP contribution < -0.4 is 10.9 Å². The summed E-state index contributed by atoms with van der Waals surface area (Å²) >= 11 is 1.01. The van der Waals surface area contributed by atoms with Gasteiger partial charge >= 0.3 is 0 Å². The van der Waals surface area contributed by atoms with Gasteiger partial charge in [0.05, 0.1) is 5.75 Å². The van der Waals surface area contributed by atoms with Crippen molar-refractivity contribution in [1.29, 1.82) is 0 Å². The molecule has 2 N–H and O–H groups in total. The van der Waals surface area contributed by atoms with Crippen molar-refractivity contribution in [2.24, 2.45) is 0 Å². The number of benzene rings is 2. The van der Waals surface area contributed by atoms with E-state index in [0.29, 0.717) is 10.5 Å². The molecule has 2 amide bonds. The topological polar surface area (TPSA) is 58.2 Å². The van der Waals surface area contributed by atoms with Gasteiger partial charge in [0.15, 0.2) is 0 Å². The molecule has 120 valence electrons. The summed E-state index contributed by atoms with van der Waals surface area (Å²) in [6.45, 7) is 1.58. The first-order valence-electron chi connectivity index (χ1n) is 6.70. The molecular weight excluding hydrogens is 322 g/mol. The molecule has 0 aliphatic heterocycles. The molecule has 23 heavy (non-hydrogen) atoms. The Bertz CT molecular complexity index is 738. The third-order valence-corrected chi connectivity index (χ3v) is 3.99. The predicted octanol–water partition coefficient (Wildman–Crippen LogP) is 2.83. The van der Waals surface area contributed by atoms with Gasteiger partial charge in [-0.25, -0.2) is 8.78 Å². The van der Waals surface area contributed by atoms with Gasteiger partial charge in [-0.05, 0) is 36.8 Å². The van der Waals surface area contributed by atoms with Gasteiger partial charge < -0.3 is 0 Å². The number of hydrazine groups is 1. The van der Waals surface area contributed by atoms with Crippen LogP contribution in [0.1, 0.15) is 15.9 Å². The Morgan fingerprint density at radius 2 is 1.78 bits per heavy atom.